The molecule has 0 saturated carbocycles. The van der Waals surface area contributed by atoms with Crippen molar-refractivity contribution in [1.82, 2.24) is 4.98 Å². The van der Waals surface area contributed by atoms with Crippen LogP contribution in [0.4, 0.5) is 10.8 Å². The number of amides is 1. The van der Waals surface area contributed by atoms with Crippen molar-refractivity contribution in [2.75, 3.05) is 23.7 Å². The average Bonchev–Trinajstić information content (AvgIpc) is 2.92. The van der Waals surface area contributed by atoms with E-state index in [4.69, 9.17) is 5.73 Å². The average molecular weight is 332 g/mol. The Morgan fingerprint density at radius 2 is 2.09 bits per heavy atom. The van der Waals surface area contributed by atoms with Gasteiger partial charge < -0.3 is 11.1 Å². The van der Waals surface area contributed by atoms with E-state index in [-0.39, 0.29) is 5.91 Å². The molecule has 1 aromatic heterocycles. The molecule has 0 aliphatic carbocycles. The van der Waals surface area contributed by atoms with E-state index in [1.165, 1.54) is 11.3 Å². The number of rotatable bonds is 8. The molecule has 0 radical (unpaired) electrons. The topological polar surface area (TPSA) is 80.0 Å². The Kier molecular flexibility index (Phi) is 6.55. The molecule has 23 heavy (non-hydrogen) atoms. The van der Waals surface area contributed by atoms with E-state index in [0.717, 1.165) is 48.5 Å². The van der Waals surface area contributed by atoms with Gasteiger partial charge >= 0.3 is 0 Å². The largest absolute Gasteiger partial charge is 0.385 e. The quantitative estimate of drug-likeness (QED) is 0.646. The number of aromatic nitrogens is 1. The smallest absolute Gasteiger partial charge is 0.257 e. The van der Waals surface area contributed by atoms with Crippen LogP contribution in [0.15, 0.2) is 24.4 Å². The lowest BCUT2D eigenvalue weighted by atomic mass is 10.1. The first-order valence-corrected chi connectivity index (χ1v) is 8.70. The fourth-order valence-electron chi connectivity index (χ4n) is 2.28. The summed E-state index contributed by atoms with van der Waals surface area (Å²) >= 11 is 1.47. The summed E-state index contributed by atoms with van der Waals surface area (Å²) in [6.45, 7) is 5.58. The first-order valence-electron chi connectivity index (χ1n) is 7.88. The van der Waals surface area contributed by atoms with Crippen molar-refractivity contribution in [3.63, 3.8) is 0 Å². The van der Waals surface area contributed by atoms with Gasteiger partial charge in [0.1, 0.15) is 0 Å². The van der Waals surface area contributed by atoms with Crippen LogP contribution < -0.4 is 16.4 Å². The van der Waals surface area contributed by atoms with Gasteiger partial charge in [-0.15, -0.1) is 11.3 Å². The second-order valence-electron chi connectivity index (χ2n) is 5.54. The molecule has 0 fully saturated rings. The molecule has 0 aliphatic rings. The fraction of sp³-hybridized carbons (Fsp3) is 0.412. The molecule has 5 nitrogen and oxygen atoms in total. The van der Waals surface area contributed by atoms with Crippen molar-refractivity contribution in [2.24, 2.45) is 5.73 Å². The van der Waals surface area contributed by atoms with Gasteiger partial charge in [-0.05, 0) is 57.0 Å². The summed E-state index contributed by atoms with van der Waals surface area (Å²) in [5.41, 5.74) is 8.14. The lowest BCUT2D eigenvalue weighted by molar-refractivity contribution is 0.102. The number of nitrogens with two attached hydrogens (primary N) is 1. The van der Waals surface area contributed by atoms with Crippen LogP contribution >= 0.6 is 11.3 Å². The number of carbonyl (C=O) groups excluding carboxylic acids is 1. The second-order valence-corrected chi connectivity index (χ2v) is 6.77. The first kappa shape index (κ1) is 17.4. The summed E-state index contributed by atoms with van der Waals surface area (Å²) in [5.74, 6) is -0.119. The van der Waals surface area contributed by atoms with Crippen molar-refractivity contribution in [3.05, 3.63) is 40.4 Å². The molecule has 1 aromatic carbocycles. The summed E-state index contributed by atoms with van der Waals surface area (Å²) in [4.78, 5) is 17.5. The van der Waals surface area contributed by atoms with Gasteiger partial charge in [0.15, 0.2) is 5.13 Å². The lowest BCUT2D eigenvalue weighted by Gasteiger charge is -2.10. The Labute approximate surface area is 141 Å². The van der Waals surface area contributed by atoms with Crippen LogP contribution in [0.25, 0.3) is 0 Å². The van der Waals surface area contributed by atoms with Gasteiger partial charge in [0.25, 0.3) is 5.91 Å². The van der Waals surface area contributed by atoms with Gasteiger partial charge in [0, 0.05) is 28.9 Å². The minimum Gasteiger partial charge on any atom is -0.385 e. The molecule has 0 unspecified atom stereocenters. The summed E-state index contributed by atoms with van der Waals surface area (Å²) in [7, 11) is 0. The van der Waals surface area contributed by atoms with Gasteiger partial charge in [0.2, 0.25) is 0 Å². The van der Waals surface area contributed by atoms with Crippen molar-refractivity contribution < 1.29 is 4.79 Å². The van der Waals surface area contributed by atoms with Gasteiger partial charge in [-0.1, -0.05) is 6.42 Å². The molecule has 0 bridgehead atoms. The number of nitrogens with zero attached hydrogens (tertiary/aromatic N) is 1. The van der Waals surface area contributed by atoms with Crippen molar-refractivity contribution in [3.8, 4) is 0 Å². The zero-order chi connectivity index (χ0) is 16.7. The number of nitrogens with one attached hydrogen (secondary N) is 2. The fourth-order valence-corrected chi connectivity index (χ4v) is 2.94. The Balaban J connectivity index is 1.91. The van der Waals surface area contributed by atoms with E-state index in [2.05, 4.69) is 15.6 Å². The molecule has 6 heteroatoms. The molecule has 2 rings (SSSR count). The highest BCUT2D eigenvalue weighted by molar-refractivity contribution is 7.15. The third-order valence-corrected chi connectivity index (χ3v) is 4.35. The van der Waals surface area contributed by atoms with Crippen LogP contribution in [-0.4, -0.2) is 24.0 Å². The van der Waals surface area contributed by atoms with Crippen molar-refractivity contribution in [1.29, 1.82) is 0 Å². The van der Waals surface area contributed by atoms with Gasteiger partial charge in [-0.25, -0.2) is 4.98 Å². The van der Waals surface area contributed by atoms with Crippen LogP contribution in [0.5, 0.6) is 0 Å². The van der Waals surface area contributed by atoms with E-state index in [1.54, 1.807) is 6.20 Å². The van der Waals surface area contributed by atoms with E-state index in [0.29, 0.717) is 10.7 Å². The molecule has 1 heterocycles. The Morgan fingerprint density at radius 1 is 1.26 bits per heavy atom. The SMILES string of the molecule is Cc1cnc(NC(=O)c2ccc(NCCCCCN)cc2C)s1. The number of unbranched alkanes of at least 4 members (excludes halogenated alkanes) is 2. The normalized spacial score (nSPS) is 10.6. The number of hydrogen-bond donors (Lipinski definition) is 3. The molecule has 0 saturated heterocycles. The molecule has 2 aromatic rings. The monoisotopic (exact) mass is 332 g/mol. The molecule has 4 N–H and O–H groups in total. The molecular weight excluding hydrogens is 308 g/mol. The highest BCUT2D eigenvalue weighted by Crippen LogP contribution is 2.20. The third-order valence-electron chi connectivity index (χ3n) is 3.52. The number of carbonyl (C=O) groups is 1. The maximum atomic E-state index is 12.3. The lowest BCUT2D eigenvalue weighted by Crippen LogP contribution is -2.13. The highest BCUT2D eigenvalue weighted by Gasteiger charge is 2.11. The van der Waals surface area contributed by atoms with Crippen LogP contribution in [0, 0.1) is 13.8 Å². The second kappa shape index (κ2) is 8.64. The van der Waals surface area contributed by atoms with E-state index < -0.39 is 0 Å². The summed E-state index contributed by atoms with van der Waals surface area (Å²) in [5, 5.41) is 6.86. The Bertz CT molecular complexity index is 654. The molecule has 124 valence electrons. The summed E-state index contributed by atoms with van der Waals surface area (Å²) in [6.07, 6.45) is 5.05. The zero-order valence-electron chi connectivity index (χ0n) is 13.7. The minimum absolute atomic E-state index is 0.119. The van der Waals surface area contributed by atoms with Crippen LogP contribution in [0.1, 0.15) is 40.1 Å². The minimum atomic E-state index is -0.119. The molecule has 0 aliphatic heterocycles. The number of thiazole rings is 1. The van der Waals surface area contributed by atoms with Gasteiger partial charge in [-0.3, -0.25) is 10.1 Å². The molecule has 0 atom stereocenters. The number of anilines is 2. The Hall–Kier alpha value is -1.92. The van der Waals surface area contributed by atoms with Crippen molar-refractivity contribution in [2.45, 2.75) is 33.1 Å². The van der Waals surface area contributed by atoms with Crippen LogP contribution in [0.3, 0.4) is 0 Å². The molecular formula is C17H24N4OS. The summed E-state index contributed by atoms with van der Waals surface area (Å²) in [6, 6.07) is 5.80. The van der Waals surface area contributed by atoms with E-state index >= 15 is 0 Å². The van der Waals surface area contributed by atoms with Gasteiger partial charge in [-0.2, -0.15) is 0 Å². The molecule has 0 spiro atoms. The van der Waals surface area contributed by atoms with Crippen molar-refractivity contribution >= 4 is 28.1 Å². The number of aryl methyl sites for hydroxylation is 2. The maximum absolute atomic E-state index is 12.3. The number of hydrogen-bond acceptors (Lipinski definition) is 5. The van der Waals surface area contributed by atoms with Crippen LogP contribution in [-0.2, 0) is 0 Å². The van der Waals surface area contributed by atoms with Crippen LogP contribution in [0.2, 0.25) is 0 Å². The zero-order valence-corrected chi connectivity index (χ0v) is 14.5. The summed E-state index contributed by atoms with van der Waals surface area (Å²) < 4.78 is 0. The predicted octanol–water partition coefficient (Wildman–Crippen LogP) is 3.55. The predicted molar refractivity (Wildman–Crippen MR) is 97.4 cm³/mol. The third kappa shape index (κ3) is 5.33. The van der Waals surface area contributed by atoms with E-state index in [9.17, 15) is 4.79 Å². The highest BCUT2D eigenvalue weighted by atomic mass is 32.1. The maximum Gasteiger partial charge on any atom is 0.257 e. The first-order chi connectivity index (χ1) is 11.1. The molecule has 1 amide bonds. The van der Waals surface area contributed by atoms with E-state index in [1.807, 2.05) is 32.0 Å². The number of benzene rings is 1. The van der Waals surface area contributed by atoms with Gasteiger partial charge in [0.05, 0.1) is 0 Å². The Morgan fingerprint density at radius 3 is 2.74 bits per heavy atom. The standard InChI is InChI=1S/C17H24N4OS/c1-12-10-14(19-9-5-3-4-8-18)6-7-15(12)16(22)21-17-20-11-13(2)23-17/h6-7,10-11,19H,3-5,8-9,18H2,1-2H3,(H,20,21,22).